The van der Waals surface area contributed by atoms with E-state index in [1.165, 1.54) is 18.2 Å². The van der Waals surface area contributed by atoms with E-state index >= 15 is 0 Å². The maximum Gasteiger partial charge on any atom is 0.339 e. The maximum absolute atomic E-state index is 10.9. The lowest BCUT2D eigenvalue weighted by Crippen LogP contribution is -2.31. The van der Waals surface area contributed by atoms with Gasteiger partial charge in [-0.05, 0) is 31.5 Å². The van der Waals surface area contributed by atoms with Crippen LogP contribution in [0.25, 0.3) is 0 Å². The Balaban J connectivity index is 2.89. The van der Waals surface area contributed by atoms with Gasteiger partial charge in [0.05, 0.1) is 5.60 Å². The molecule has 17 heavy (non-hydrogen) atoms. The summed E-state index contributed by atoms with van der Waals surface area (Å²) in [6, 6.07) is 4.28. The van der Waals surface area contributed by atoms with Crippen molar-refractivity contribution >= 4 is 17.6 Å². The fraction of sp³-hybridized carbons (Fsp3) is 0.417. The zero-order valence-electron chi connectivity index (χ0n) is 9.74. The number of hydrogen-bond acceptors (Lipinski definition) is 3. The molecule has 0 spiro atoms. The fourth-order valence-electron chi connectivity index (χ4n) is 1.13. The van der Waals surface area contributed by atoms with Crippen molar-refractivity contribution in [1.82, 2.24) is 0 Å². The van der Waals surface area contributed by atoms with E-state index in [1.807, 2.05) is 6.92 Å². The molecular weight excluding hydrogens is 244 g/mol. The van der Waals surface area contributed by atoms with Crippen LogP contribution < -0.4 is 4.74 Å². The van der Waals surface area contributed by atoms with Gasteiger partial charge in [0.25, 0.3) is 0 Å². The van der Waals surface area contributed by atoms with E-state index in [-0.39, 0.29) is 17.9 Å². The molecular formula is C12H15ClO4. The SMILES string of the molecule is CCC(C)(O)COc1cc(Cl)ccc1C(=O)O. The molecule has 1 aromatic carbocycles. The summed E-state index contributed by atoms with van der Waals surface area (Å²) in [5.74, 6) is -0.925. The van der Waals surface area contributed by atoms with Gasteiger partial charge in [-0.2, -0.15) is 0 Å². The summed E-state index contributed by atoms with van der Waals surface area (Å²) in [5, 5.41) is 19.1. The van der Waals surface area contributed by atoms with E-state index in [9.17, 15) is 9.90 Å². The Morgan fingerprint density at radius 2 is 2.18 bits per heavy atom. The molecule has 0 aromatic heterocycles. The predicted octanol–water partition coefficient (Wildman–Crippen LogP) is 2.58. The van der Waals surface area contributed by atoms with E-state index < -0.39 is 11.6 Å². The monoisotopic (exact) mass is 258 g/mol. The molecule has 4 nitrogen and oxygen atoms in total. The molecule has 1 unspecified atom stereocenters. The third kappa shape index (κ3) is 3.91. The Morgan fingerprint density at radius 1 is 1.53 bits per heavy atom. The number of aliphatic hydroxyl groups is 1. The second kappa shape index (κ2) is 5.38. The summed E-state index contributed by atoms with van der Waals surface area (Å²) in [6.07, 6.45) is 0.510. The Bertz CT molecular complexity index is 415. The summed E-state index contributed by atoms with van der Waals surface area (Å²) in [4.78, 5) is 10.9. The molecule has 0 aliphatic heterocycles. The van der Waals surface area contributed by atoms with Crippen LogP contribution in [-0.4, -0.2) is 28.4 Å². The molecule has 0 bridgehead atoms. The highest BCUT2D eigenvalue weighted by Gasteiger charge is 2.20. The highest BCUT2D eigenvalue weighted by Crippen LogP contribution is 2.24. The average Bonchev–Trinajstić information content (AvgIpc) is 2.26. The van der Waals surface area contributed by atoms with Crippen LogP contribution in [0.3, 0.4) is 0 Å². The molecule has 1 aromatic rings. The summed E-state index contributed by atoms with van der Waals surface area (Å²) in [5.41, 5.74) is -0.959. The largest absolute Gasteiger partial charge is 0.490 e. The van der Waals surface area contributed by atoms with Crippen LogP contribution in [0.5, 0.6) is 5.75 Å². The molecule has 1 atom stereocenters. The number of benzene rings is 1. The number of halogens is 1. The van der Waals surface area contributed by atoms with Crippen LogP contribution in [-0.2, 0) is 0 Å². The number of carbonyl (C=O) groups is 1. The van der Waals surface area contributed by atoms with Crippen LogP contribution >= 0.6 is 11.6 Å². The smallest absolute Gasteiger partial charge is 0.339 e. The zero-order chi connectivity index (χ0) is 13.1. The summed E-state index contributed by atoms with van der Waals surface area (Å²) >= 11 is 5.77. The first-order chi connectivity index (χ1) is 7.85. The van der Waals surface area contributed by atoms with E-state index in [0.717, 1.165) is 0 Å². The molecule has 0 aliphatic rings. The van der Waals surface area contributed by atoms with Crippen molar-refractivity contribution in [3.05, 3.63) is 28.8 Å². The molecule has 0 saturated carbocycles. The van der Waals surface area contributed by atoms with Gasteiger partial charge in [0.1, 0.15) is 17.9 Å². The lowest BCUT2D eigenvalue weighted by molar-refractivity contribution is 0.00789. The van der Waals surface area contributed by atoms with Crippen LogP contribution in [0.15, 0.2) is 18.2 Å². The minimum absolute atomic E-state index is 0.0180. The number of ether oxygens (including phenoxy) is 1. The second-order valence-corrected chi connectivity index (χ2v) is 4.52. The molecule has 0 aliphatic carbocycles. The first-order valence-electron chi connectivity index (χ1n) is 5.24. The molecule has 0 radical (unpaired) electrons. The van der Waals surface area contributed by atoms with Gasteiger partial charge >= 0.3 is 5.97 Å². The number of aromatic carboxylic acids is 1. The standard InChI is InChI=1S/C12H15ClO4/c1-3-12(2,16)7-17-10-6-8(13)4-5-9(10)11(14)15/h4-6,16H,3,7H2,1-2H3,(H,14,15). The number of hydrogen-bond donors (Lipinski definition) is 2. The number of carboxylic acid groups (broad SMARTS) is 1. The first kappa shape index (κ1) is 13.8. The Kier molecular flexibility index (Phi) is 4.37. The van der Waals surface area contributed by atoms with Crippen molar-refractivity contribution in [3.8, 4) is 5.75 Å². The van der Waals surface area contributed by atoms with Gasteiger partial charge in [0.15, 0.2) is 0 Å². The van der Waals surface area contributed by atoms with Gasteiger partial charge in [-0.1, -0.05) is 18.5 Å². The molecule has 0 saturated heterocycles. The Hall–Kier alpha value is -1.26. The third-order valence-electron chi connectivity index (χ3n) is 2.47. The summed E-state index contributed by atoms with van der Waals surface area (Å²) in [6.45, 7) is 3.46. The van der Waals surface area contributed by atoms with E-state index in [4.69, 9.17) is 21.4 Å². The van der Waals surface area contributed by atoms with Gasteiger partial charge in [-0.15, -0.1) is 0 Å². The first-order valence-corrected chi connectivity index (χ1v) is 5.61. The molecule has 94 valence electrons. The maximum atomic E-state index is 10.9. The van der Waals surface area contributed by atoms with E-state index in [2.05, 4.69) is 0 Å². The third-order valence-corrected chi connectivity index (χ3v) is 2.71. The van der Waals surface area contributed by atoms with Gasteiger partial charge in [-0.3, -0.25) is 0 Å². The van der Waals surface area contributed by atoms with Crippen molar-refractivity contribution in [2.75, 3.05) is 6.61 Å². The predicted molar refractivity (Wildman–Crippen MR) is 64.8 cm³/mol. The van der Waals surface area contributed by atoms with Crippen LogP contribution in [0, 0.1) is 0 Å². The summed E-state index contributed by atoms with van der Waals surface area (Å²) < 4.78 is 5.32. The number of rotatable bonds is 5. The normalized spacial score (nSPS) is 14.1. The molecule has 1 rings (SSSR count). The Morgan fingerprint density at radius 3 is 2.71 bits per heavy atom. The quantitative estimate of drug-likeness (QED) is 0.852. The van der Waals surface area contributed by atoms with Gasteiger partial charge in [0.2, 0.25) is 0 Å². The average molecular weight is 259 g/mol. The highest BCUT2D eigenvalue weighted by molar-refractivity contribution is 6.30. The van der Waals surface area contributed by atoms with Crippen LogP contribution in [0.1, 0.15) is 30.6 Å². The van der Waals surface area contributed by atoms with Crippen LogP contribution in [0.2, 0.25) is 5.02 Å². The molecule has 2 N–H and O–H groups in total. The van der Waals surface area contributed by atoms with E-state index in [1.54, 1.807) is 6.92 Å². The van der Waals surface area contributed by atoms with E-state index in [0.29, 0.717) is 11.4 Å². The van der Waals surface area contributed by atoms with Crippen LogP contribution in [0.4, 0.5) is 0 Å². The van der Waals surface area contributed by atoms with Crippen molar-refractivity contribution < 1.29 is 19.7 Å². The van der Waals surface area contributed by atoms with Crippen molar-refractivity contribution in [3.63, 3.8) is 0 Å². The topological polar surface area (TPSA) is 66.8 Å². The number of carboxylic acids is 1. The molecule has 0 fully saturated rings. The zero-order valence-corrected chi connectivity index (χ0v) is 10.5. The minimum Gasteiger partial charge on any atom is -0.490 e. The van der Waals surface area contributed by atoms with Crippen molar-refractivity contribution in [2.24, 2.45) is 0 Å². The summed E-state index contributed by atoms with van der Waals surface area (Å²) in [7, 11) is 0. The Labute approximate surface area is 105 Å². The van der Waals surface area contributed by atoms with Gasteiger partial charge in [0, 0.05) is 5.02 Å². The lowest BCUT2D eigenvalue weighted by atomic mass is 10.1. The second-order valence-electron chi connectivity index (χ2n) is 4.08. The molecule has 0 heterocycles. The fourth-order valence-corrected chi connectivity index (χ4v) is 1.29. The van der Waals surface area contributed by atoms with Crippen molar-refractivity contribution in [1.29, 1.82) is 0 Å². The van der Waals surface area contributed by atoms with Crippen molar-refractivity contribution in [2.45, 2.75) is 25.9 Å². The van der Waals surface area contributed by atoms with Gasteiger partial charge in [-0.25, -0.2) is 4.79 Å². The molecule has 5 heteroatoms. The minimum atomic E-state index is -1.09. The highest BCUT2D eigenvalue weighted by atomic mass is 35.5. The van der Waals surface area contributed by atoms with Gasteiger partial charge < -0.3 is 14.9 Å². The molecule has 0 amide bonds. The lowest BCUT2D eigenvalue weighted by Gasteiger charge is -2.22.